The summed E-state index contributed by atoms with van der Waals surface area (Å²) in [5, 5.41) is 0. The van der Waals surface area contributed by atoms with Crippen LogP contribution in [0.1, 0.15) is 41.3 Å². The number of carbonyl (C=O) groups excluding carboxylic acids is 1. The number of esters is 1. The second-order valence-corrected chi connectivity index (χ2v) is 6.64. The van der Waals surface area contributed by atoms with Crippen molar-refractivity contribution >= 4 is 17.9 Å². The molecule has 0 aliphatic carbocycles. The molecule has 0 amide bonds. The van der Waals surface area contributed by atoms with Crippen LogP contribution in [0.3, 0.4) is 0 Å². The number of benzene rings is 3. The molecular weight excluding hydrogens is 362 g/mol. The largest absolute Gasteiger partial charge is 0.489 e. The van der Waals surface area contributed by atoms with Gasteiger partial charge >= 0.3 is 5.97 Å². The maximum absolute atomic E-state index is 11.9. The average Bonchev–Trinajstić information content (AvgIpc) is 2.78. The molecule has 3 aromatic carbocycles. The molecule has 0 saturated carbocycles. The first-order chi connectivity index (χ1) is 14.2. The maximum Gasteiger partial charge on any atom is 0.338 e. The summed E-state index contributed by atoms with van der Waals surface area (Å²) in [4.78, 5) is 16.4. The van der Waals surface area contributed by atoms with Crippen LogP contribution in [-0.4, -0.2) is 18.8 Å². The summed E-state index contributed by atoms with van der Waals surface area (Å²) in [5.74, 6) is 0.525. The molecule has 0 aromatic heterocycles. The summed E-state index contributed by atoms with van der Waals surface area (Å²) in [7, 11) is 0. The third-order valence-corrected chi connectivity index (χ3v) is 4.33. The fourth-order valence-electron chi connectivity index (χ4n) is 2.62. The molecule has 0 spiro atoms. The van der Waals surface area contributed by atoms with Crippen molar-refractivity contribution < 1.29 is 14.3 Å². The number of carbonyl (C=O) groups is 1. The van der Waals surface area contributed by atoms with Gasteiger partial charge in [-0.05, 0) is 66.1 Å². The zero-order valence-electron chi connectivity index (χ0n) is 16.6. The highest BCUT2D eigenvalue weighted by atomic mass is 16.5. The van der Waals surface area contributed by atoms with E-state index in [4.69, 9.17) is 9.47 Å². The number of aliphatic imine (C=N–C) groups is 1. The molecule has 148 valence electrons. The van der Waals surface area contributed by atoms with Crippen LogP contribution in [0.15, 0.2) is 83.9 Å². The SMILES string of the molecule is CCCCOC(=O)c1ccc(N=Cc2ccc(OCc3ccccc3)cc2)cc1. The van der Waals surface area contributed by atoms with Crippen LogP contribution in [-0.2, 0) is 11.3 Å². The van der Waals surface area contributed by atoms with Crippen LogP contribution in [0, 0.1) is 0 Å². The number of ether oxygens (including phenoxy) is 2. The number of rotatable bonds is 9. The summed E-state index contributed by atoms with van der Waals surface area (Å²) in [6.07, 6.45) is 3.67. The number of hydrogen-bond donors (Lipinski definition) is 0. The van der Waals surface area contributed by atoms with Gasteiger partial charge in [0.1, 0.15) is 12.4 Å². The van der Waals surface area contributed by atoms with Gasteiger partial charge in [-0.2, -0.15) is 0 Å². The van der Waals surface area contributed by atoms with Gasteiger partial charge in [0, 0.05) is 6.21 Å². The monoisotopic (exact) mass is 387 g/mol. The second-order valence-electron chi connectivity index (χ2n) is 6.64. The third-order valence-electron chi connectivity index (χ3n) is 4.33. The maximum atomic E-state index is 11.9. The fourth-order valence-corrected chi connectivity index (χ4v) is 2.62. The van der Waals surface area contributed by atoms with Gasteiger partial charge in [0.25, 0.3) is 0 Å². The van der Waals surface area contributed by atoms with Crippen molar-refractivity contribution in [3.05, 3.63) is 95.6 Å². The van der Waals surface area contributed by atoms with Crippen molar-refractivity contribution in [1.29, 1.82) is 0 Å². The Balaban J connectivity index is 1.52. The molecule has 4 nitrogen and oxygen atoms in total. The zero-order valence-corrected chi connectivity index (χ0v) is 16.6. The molecule has 0 fully saturated rings. The Kier molecular flexibility index (Phi) is 7.58. The van der Waals surface area contributed by atoms with Crippen molar-refractivity contribution in [2.75, 3.05) is 6.61 Å². The van der Waals surface area contributed by atoms with E-state index in [9.17, 15) is 4.79 Å². The van der Waals surface area contributed by atoms with Gasteiger partial charge in [-0.1, -0.05) is 43.7 Å². The van der Waals surface area contributed by atoms with Crippen LogP contribution in [0.4, 0.5) is 5.69 Å². The highest BCUT2D eigenvalue weighted by Gasteiger charge is 2.06. The zero-order chi connectivity index (χ0) is 20.3. The van der Waals surface area contributed by atoms with E-state index in [0.29, 0.717) is 18.8 Å². The van der Waals surface area contributed by atoms with Crippen molar-refractivity contribution in [1.82, 2.24) is 0 Å². The van der Waals surface area contributed by atoms with E-state index < -0.39 is 0 Å². The predicted molar refractivity (Wildman–Crippen MR) is 116 cm³/mol. The fraction of sp³-hybridized carbons (Fsp3) is 0.200. The van der Waals surface area contributed by atoms with Crippen LogP contribution >= 0.6 is 0 Å². The Morgan fingerprint density at radius 2 is 1.66 bits per heavy atom. The summed E-state index contributed by atoms with van der Waals surface area (Å²) in [6.45, 7) is 3.06. The topological polar surface area (TPSA) is 47.9 Å². The van der Waals surface area contributed by atoms with Crippen LogP contribution in [0.5, 0.6) is 5.75 Å². The minimum absolute atomic E-state index is 0.292. The number of unbranched alkanes of at least 4 members (excludes halogenated alkanes) is 1. The van der Waals surface area contributed by atoms with Gasteiger partial charge in [-0.15, -0.1) is 0 Å². The lowest BCUT2D eigenvalue weighted by atomic mass is 10.2. The molecule has 3 rings (SSSR count). The molecule has 0 N–H and O–H groups in total. The highest BCUT2D eigenvalue weighted by molar-refractivity contribution is 5.90. The predicted octanol–water partition coefficient (Wildman–Crippen LogP) is 5.97. The molecule has 0 aliphatic heterocycles. The minimum atomic E-state index is -0.292. The summed E-state index contributed by atoms with van der Waals surface area (Å²) in [5.41, 5.74) is 3.43. The summed E-state index contributed by atoms with van der Waals surface area (Å²) >= 11 is 0. The first-order valence-corrected chi connectivity index (χ1v) is 9.82. The lowest BCUT2D eigenvalue weighted by Crippen LogP contribution is -2.05. The van der Waals surface area contributed by atoms with Gasteiger partial charge in [-0.25, -0.2) is 4.79 Å². The Labute approximate surface area is 171 Å². The molecule has 0 atom stereocenters. The lowest BCUT2D eigenvalue weighted by molar-refractivity contribution is 0.0500. The van der Waals surface area contributed by atoms with Gasteiger partial charge in [0.2, 0.25) is 0 Å². The van der Waals surface area contributed by atoms with Crippen molar-refractivity contribution in [3.8, 4) is 5.75 Å². The second kappa shape index (κ2) is 10.8. The Bertz CT molecular complexity index is 917. The number of nitrogens with zero attached hydrogens (tertiary/aromatic N) is 1. The normalized spacial score (nSPS) is 10.8. The Morgan fingerprint density at radius 1 is 0.931 bits per heavy atom. The third kappa shape index (κ3) is 6.61. The molecule has 0 radical (unpaired) electrons. The quantitative estimate of drug-likeness (QED) is 0.258. The van der Waals surface area contributed by atoms with Gasteiger partial charge in [-0.3, -0.25) is 4.99 Å². The van der Waals surface area contributed by atoms with Crippen molar-refractivity contribution in [2.24, 2.45) is 4.99 Å². The van der Waals surface area contributed by atoms with E-state index in [2.05, 4.69) is 11.9 Å². The highest BCUT2D eigenvalue weighted by Crippen LogP contribution is 2.16. The van der Waals surface area contributed by atoms with Crippen LogP contribution in [0.25, 0.3) is 0 Å². The summed E-state index contributed by atoms with van der Waals surface area (Å²) < 4.78 is 11.0. The van der Waals surface area contributed by atoms with E-state index in [1.54, 1.807) is 18.3 Å². The Hall–Kier alpha value is -3.40. The van der Waals surface area contributed by atoms with E-state index in [1.165, 1.54) is 0 Å². The molecule has 0 unspecified atom stereocenters. The van der Waals surface area contributed by atoms with Crippen LogP contribution in [0.2, 0.25) is 0 Å². The minimum Gasteiger partial charge on any atom is -0.489 e. The standard InChI is InChI=1S/C25H25NO3/c1-2-3-17-28-25(27)22-11-13-23(14-12-22)26-18-20-9-15-24(16-10-20)29-19-21-7-5-4-6-8-21/h4-16,18H,2-3,17,19H2,1H3. The van der Waals surface area contributed by atoms with E-state index in [1.807, 2.05) is 66.7 Å². The van der Waals surface area contributed by atoms with Crippen LogP contribution < -0.4 is 4.74 Å². The summed E-state index contributed by atoms with van der Waals surface area (Å²) in [6, 6.07) is 24.9. The first-order valence-electron chi connectivity index (χ1n) is 9.82. The molecule has 0 heterocycles. The van der Waals surface area contributed by atoms with Gasteiger partial charge in [0.15, 0.2) is 0 Å². The number of hydrogen-bond acceptors (Lipinski definition) is 4. The van der Waals surface area contributed by atoms with E-state index in [-0.39, 0.29) is 5.97 Å². The van der Waals surface area contributed by atoms with Gasteiger partial charge in [0.05, 0.1) is 17.9 Å². The molecule has 0 aliphatic rings. The van der Waals surface area contributed by atoms with Gasteiger partial charge < -0.3 is 9.47 Å². The average molecular weight is 387 g/mol. The Morgan fingerprint density at radius 3 is 2.34 bits per heavy atom. The lowest BCUT2D eigenvalue weighted by Gasteiger charge is -2.06. The van der Waals surface area contributed by atoms with E-state index >= 15 is 0 Å². The van der Waals surface area contributed by atoms with E-state index in [0.717, 1.165) is 35.4 Å². The smallest absolute Gasteiger partial charge is 0.338 e. The first kappa shape index (κ1) is 20.3. The molecule has 0 bridgehead atoms. The van der Waals surface area contributed by atoms with Crippen molar-refractivity contribution in [2.45, 2.75) is 26.4 Å². The molecule has 3 aromatic rings. The molecular formula is C25H25NO3. The molecule has 4 heteroatoms. The molecule has 0 saturated heterocycles. The molecule has 29 heavy (non-hydrogen) atoms. The van der Waals surface area contributed by atoms with Crippen molar-refractivity contribution in [3.63, 3.8) is 0 Å².